The summed E-state index contributed by atoms with van der Waals surface area (Å²) in [6, 6.07) is 7.92. The molecule has 2 rings (SSSR count). The Labute approximate surface area is 127 Å². The van der Waals surface area contributed by atoms with Gasteiger partial charge in [-0.05, 0) is 47.0 Å². The van der Waals surface area contributed by atoms with Crippen molar-refractivity contribution >= 4 is 39.2 Å². The van der Waals surface area contributed by atoms with Crippen LogP contribution in [0.4, 0.5) is 23.3 Å². The van der Waals surface area contributed by atoms with Gasteiger partial charge < -0.3 is 16.4 Å². The van der Waals surface area contributed by atoms with Gasteiger partial charge in [0.05, 0.1) is 5.69 Å². The van der Waals surface area contributed by atoms with Gasteiger partial charge in [0.15, 0.2) is 0 Å². The molecular weight excluding hydrogens is 318 g/mol. The molecule has 5 nitrogen and oxygen atoms in total. The summed E-state index contributed by atoms with van der Waals surface area (Å²) in [5.41, 5.74) is 7.86. The van der Waals surface area contributed by atoms with Gasteiger partial charge in [0.25, 0.3) is 0 Å². The quantitative estimate of drug-likeness (QED) is 0.776. The van der Waals surface area contributed by atoms with E-state index in [-0.39, 0.29) is 5.95 Å². The van der Waals surface area contributed by atoms with E-state index in [0.717, 1.165) is 28.9 Å². The number of nitrogens with zero attached hydrogens (tertiary/aromatic N) is 2. The number of anilines is 4. The monoisotopic (exact) mass is 335 g/mol. The third kappa shape index (κ3) is 3.84. The van der Waals surface area contributed by atoms with Crippen molar-refractivity contribution in [1.82, 2.24) is 9.97 Å². The number of hydrogen-bond acceptors (Lipinski definition) is 5. The molecule has 2 aromatic rings. The molecule has 0 bridgehead atoms. The molecule has 106 valence electrons. The minimum atomic E-state index is 0.247. The summed E-state index contributed by atoms with van der Waals surface area (Å²) in [5, 5.41) is 6.44. The lowest BCUT2D eigenvalue weighted by Crippen LogP contribution is -2.07. The fraction of sp³-hybridized carbons (Fsp3) is 0.286. The molecule has 0 aliphatic heterocycles. The Morgan fingerprint density at radius 1 is 1.20 bits per heavy atom. The molecule has 0 amide bonds. The Balaban J connectivity index is 2.21. The lowest BCUT2D eigenvalue weighted by molar-refractivity contribution is 0.967. The maximum absolute atomic E-state index is 5.73. The van der Waals surface area contributed by atoms with Crippen LogP contribution in [0.2, 0.25) is 0 Å². The van der Waals surface area contributed by atoms with E-state index in [0.29, 0.717) is 5.82 Å². The van der Waals surface area contributed by atoms with E-state index in [1.165, 1.54) is 5.56 Å². The van der Waals surface area contributed by atoms with Crippen molar-refractivity contribution < 1.29 is 0 Å². The van der Waals surface area contributed by atoms with Gasteiger partial charge >= 0.3 is 0 Å². The SMILES string of the molecule is CCCNc1cc(Nc2ccc(C)cc2Br)nc(N)n1. The molecule has 4 N–H and O–H groups in total. The van der Waals surface area contributed by atoms with E-state index >= 15 is 0 Å². The predicted octanol–water partition coefficient (Wildman–Crippen LogP) is 3.70. The zero-order valence-electron chi connectivity index (χ0n) is 11.6. The fourth-order valence-corrected chi connectivity index (χ4v) is 2.33. The van der Waals surface area contributed by atoms with Crippen molar-refractivity contribution in [3.63, 3.8) is 0 Å². The molecule has 0 spiro atoms. The van der Waals surface area contributed by atoms with Crippen LogP contribution in [-0.4, -0.2) is 16.5 Å². The van der Waals surface area contributed by atoms with Gasteiger partial charge in [-0.2, -0.15) is 9.97 Å². The van der Waals surface area contributed by atoms with Crippen molar-refractivity contribution in [3.8, 4) is 0 Å². The Morgan fingerprint density at radius 2 is 1.95 bits per heavy atom. The molecule has 0 aliphatic carbocycles. The molecule has 0 aliphatic rings. The minimum Gasteiger partial charge on any atom is -0.370 e. The molecule has 1 aromatic carbocycles. The molecule has 1 heterocycles. The van der Waals surface area contributed by atoms with Crippen LogP contribution in [0.15, 0.2) is 28.7 Å². The summed E-state index contributed by atoms with van der Waals surface area (Å²) in [6.45, 7) is 4.99. The Morgan fingerprint density at radius 3 is 2.65 bits per heavy atom. The molecule has 6 heteroatoms. The maximum Gasteiger partial charge on any atom is 0.223 e. The number of nitrogens with one attached hydrogen (secondary N) is 2. The van der Waals surface area contributed by atoms with Crippen LogP contribution in [0.3, 0.4) is 0 Å². The highest BCUT2D eigenvalue weighted by Gasteiger charge is 2.05. The second-order valence-electron chi connectivity index (χ2n) is 4.53. The summed E-state index contributed by atoms with van der Waals surface area (Å²) >= 11 is 3.53. The first-order valence-electron chi connectivity index (χ1n) is 6.50. The molecule has 1 aromatic heterocycles. The van der Waals surface area contributed by atoms with Gasteiger partial charge in [0, 0.05) is 17.1 Å². The average Bonchev–Trinajstić information content (AvgIpc) is 2.39. The smallest absolute Gasteiger partial charge is 0.223 e. The summed E-state index contributed by atoms with van der Waals surface area (Å²) in [4.78, 5) is 8.35. The highest BCUT2D eigenvalue weighted by molar-refractivity contribution is 9.10. The van der Waals surface area contributed by atoms with E-state index in [1.54, 1.807) is 0 Å². The van der Waals surface area contributed by atoms with E-state index in [9.17, 15) is 0 Å². The first-order chi connectivity index (χ1) is 9.58. The molecular formula is C14H18BrN5. The Kier molecular flexibility index (Phi) is 4.79. The summed E-state index contributed by atoms with van der Waals surface area (Å²) in [5.74, 6) is 1.64. The number of aromatic nitrogens is 2. The van der Waals surface area contributed by atoms with Crippen molar-refractivity contribution in [3.05, 3.63) is 34.3 Å². The first kappa shape index (κ1) is 14.6. The molecule has 0 unspecified atom stereocenters. The lowest BCUT2D eigenvalue weighted by Gasteiger charge is -2.11. The Bertz CT molecular complexity index is 600. The van der Waals surface area contributed by atoms with Crippen LogP contribution in [0.5, 0.6) is 0 Å². The van der Waals surface area contributed by atoms with Gasteiger partial charge in [0.1, 0.15) is 11.6 Å². The van der Waals surface area contributed by atoms with Gasteiger partial charge in [0.2, 0.25) is 5.95 Å². The molecule has 0 saturated carbocycles. The number of benzene rings is 1. The number of nitrogens with two attached hydrogens (primary N) is 1. The van der Waals surface area contributed by atoms with Crippen molar-refractivity contribution in [2.24, 2.45) is 0 Å². The minimum absolute atomic E-state index is 0.247. The zero-order chi connectivity index (χ0) is 14.5. The average molecular weight is 336 g/mol. The summed E-state index contributed by atoms with van der Waals surface area (Å²) in [7, 11) is 0. The maximum atomic E-state index is 5.73. The van der Waals surface area contributed by atoms with Crippen molar-refractivity contribution in [2.75, 3.05) is 22.9 Å². The number of aryl methyl sites for hydroxylation is 1. The van der Waals surface area contributed by atoms with Crippen LogP contribution in [0, 0.1) is 6.92 Å². The van der Waals surface area contributed by atoms with E-state index < -0.39 is 0 Å². The van der Waals surface area contributed by atoms with Crippen LogP contribution < -0.4 is 16.4 Å². The summed E-state index contributed by atoms with van der Waals surface area (Å²) in [6.07, 6.45) is 1.02. The van der Waals surface area contributed by atoms with Gasteiger partial charge in [-0.3, -0.25) is 0 Å². The van der Waals surface area contributed by atoms with Crippen LogP contribution in [0.1, 0.15) is 18.9 Å². The van der Waals surface area contributed by atoms with Gasteiger partial charge in [-0.25, -0.2) is 0 Å². The van der Waals surface area contributed by atoms with Crippen molar-refractivity contribution in [2.45, 2.75) is 20.3 Å². The Hall–Kier alpha value is -1.82. The van der Waals surface area contributed by atoms with Gasteiger partial charge in [-0.1, -0.05) is 13.0 Å². The predicted molar refractivity (Wildman–Crippen MR) is 87.4 cm³/mol. The lowest BCUT2D eigenvalue weighted by atomic mass is 10.2. The molecule has 0 atom stereocenters. The number of nitrogen functional groups attached to an aromatic ring is 1. The molecule has 0 saturated heterocycles. The van der Waals surface area contributed by atoms with Gasteiger partial charge in [-0.15, -0.1) is 0 Å². The topological polar surface area (TPSA) is 75.9 Å². The van der Waals surface area contributed by atoms with Crippen LogP contribution in [-0.2, 0) is 0 Å². The molecule has 0 radical (unpaired) electrons. The van der Waals surface area contributed by atoms with E-state index in [4.69, 9.17) is 5.73 Å². The highest BCUT2D eigenvalue weighted by atomic mass is 79.9. The first-order valence-corrected chi connectivity index (χ1v) is 7.29. The van der Waals surface area contributed by atoms with Crippen LogP contribution in [0.25, 0.3) is 0 Å². The van der Waals surface area contributed by atoms with Crippen LogP contribution >= 0.6 is 15.9 Å². The van der Waals surface area contributed by atoms with E-state index in [1.807, 2.05) is 31.2 Å². The second kappa shape index (κ2) is 6.56. The normalized spacial score (nSPS) is 10.3. The van der Waals surface area contributed by atoms with E-state index in [2.05, 4.69) is 43.5 Å². The number of halogens is 1. The fourth-order valence-electron chi connectivity index (χ4n) is 1.73. The third-order valence-corrected chi connectivity index (χ3v) is 3.34. The standard InChI is InChI=1S/C14H18BrN5/c1-3-6-17-12-8-13(20-14(16)19-12)18-11-5-4-9(2)7-10(11)15/h4-5,7-8H,3,6H2,1-2H3,(H4,16,17,18,19,20). The largest absolute Gasteiger partial charge is 0.370 e. The summed E-state index contributed by atoms with van der Waals surface area (Å²) < 4.78 is 0.984. The highest BCUT2D eigenvalue weighted by Crippen LogP contribution is 2.27. The van der Waals surface area contributed by atoms with Crippen molar-refractivity contribution in [1.29, 1.82) is 0 Å². The zero-order valence-corrected chi connectivity index (χ0v) is 13.2. The number of hydrogen-bond donors (Lipinski definition) is 3. The number of rotatable bonds is 5. The molecule has 0 fully saturated rings. The third-order valence-electron chi connectivity index (χ3n) is 2.69. The second-order valence-corrected chi connectivity index (χ2v) is 5.39. The molecule has 20 heavy (non-hydrogen) atoms.